The topological polar surface area (TPSA) is 72.1 Å². The molecule has 0 bridgehead atoms. The summed E-state index contributed by atoms with van der Waals surface area (Å²) in [5, 5.41) is 10.0. The predicted octanol–water partition coefficient (Wildman–Crippen LogP) is 2.00. The number of aryl methyl sites for hydroxylation is 2. The summed E-state index contributed by atoms with van der Waals surface area (Å²) in [6.45, 7) is 6.82. The number of rotatable bonds is 5. The van der Waals surface area contributed by atoms with Gasteiger partial charge in [0.05, 0.1) is 12.0 Å². The van der Waals surface area contributed by atoms with Crippen LogP contribution in [-0.2, 0) is 0 Å². The van der Waals surface area contributed by atoms with Gasteiger partial charge in [-0.3, -0.25) is 4.68 Å². The van der Waals surface area contributed by atoms with Crippen molar-refractivity contribution in [3.05, 3.63) is 41.6 Å². The Kier molecular flexibility index (Phi) is 4.45. The van der Waals surface area contributed by atoms with E-state index in [0.717, 1.165) is 17.1 Å². The van der Waals surface area contributed by atoms with E-state index in [9.17, 15) is 4.79 Å². The summed E-state index contributed by atoms with van der Waals surface area (Å²) < 4.78 is 7.35. The number of carbonyl (C=O) groups is 1. The lowest BCUT2D eigenvalue weighted by Crippen LogP contribution is -2.39. The van der Waals surface area contributed by atoms with Crippen LogP contribution in [0.5, 0.6) is 0 Å². The van der Waals surface area contributed by atoms with Crippen LogP contribution in [0.1, 0.15) is 30.1 Å². The molecule has 0 aliphatic heterocycles. The Bertz CT molecular complexity index is 560. The Morgan fingerprint density at radius 1 is 1.45 bits per heavy atom. The third-order valence-electron chi connectivity index (χ3n) is 3.00. The second kappa shape index (κ2) is 6.27. The summed E-state index contributed by atoms with van der Waals surface area (Å²) in [6.07, 6.45) is 1.63. The molecule has 0 saturated carbocycles. The van der Waals surface area contributed by atoms with Crippen molar-refractivity contribution in [2.24, 2.45) is 0 Å². The van der Waals surface area contributed by atoms with Crippen molar-refractivity contribution in [2.45, 2.75) is 26.8 Å². The third kappa shape index (κ3) is 3.20. The molecular formula is C14H20N4O2. The van der Waals surface area contributed by atoms with Crippen LogP contribution >= 0.6 is 0 Å². The van der Waals surface area contributed by atoms with Crippen molar-refractivity contribution in [3.8, 4) is 0 Å². The van der Waals surface area contributed by atoms with Gasteiger partial charge in [-0.2, -0.15) is 5.10 Å². The Morgan fingerprint density at radius 3 is 2.80 bits per heavy atom. The van der Waals surface area contributed by atoms with Crippen LogP contribution in [0.4, 0.5) is 4.79 Å². The van der Waals surface area contributed by atoms with Gasteiger partial charge in [-0.05, 0) is 39.0 Å². The van der Waals surface area contributed by atoms with Crippen LogP contribution in [0.2, 0.25) is 0 Å². The van der Waals surface area contributed by atoms with E-state index in [1.54, 1.807) is 6.26 Å². The summed E-state index contributed by atoms with van der Waals surface area (Å²) >= 11 is 0. The molecule has 20 heavy (non-hydrogen) atoms. The second-order valence-corrected chi connectivity index (χ2v) is 4.64. The number of hydrogen-bond acceptors (Lipinski definition) is 3. The van der Waals surface area contributed by atoms with Crippen molar-refractivity contribution in [1.29, 1.82) is 0 Å². The van der Waals surface area contributed by atoms with Gasteiger partial charge in [0.2, 0.25) is 0 Å². The minimum Gasteiger partial charge on any atom is -0.467 e. The van der Waals surface area contributed by atoms with Gasteiger partial charge >= 0.3 is 6.03 Å². The highest BCUT2D eigenvalue weighted by Gasteiger charge is 2.20. The summed E-state index contributed by atoms with van der Waals surface area (Å²) in [7, 11) is 0. The first-order chi connectivity index (χ1) is 9.61. The standard InChI is InChI=1S/C14H20N4O2/c1-4-15-14(19)16-9-12(13-6-5-7-20-13)18-11(3)8-10(2)17-18/h5-8,12H,4,9H2,1-3H3,(H2,15,16,19)/t12-/m0/s1. The van der Waals surface area contributed by atoms with Gasteiger partial charge < -0.3 is 15.1 Å². The average molecular weight is 276 g/mol. The van der Waals surface area contributed by atoms with Gasteiger partial charge in [-0.25, -0.2) is 4.79 Å². The zero-order valence-electron chi connectivity index (χ0n) is 12.0. The van der Waals surface area contributed by atoms with E-state index in [4.69, 9.17) is 4.42 Å². The Balaban J connectivity index is 2.18. The van der Waals surface area contributed by atoms with Crippen LogP contribution in [0, 0.1) is 13.8 Å². The molecule has 2 heterocycles. The number of amides is 2. The van der Waals surface area contributed by atoms with E-state index in [1.165, 1.54) is 0 Å². The fraction of sp³-hybridized carbons (Fsp3) is 0.429. The van der Waals surface area contributed by atoms with Gasteiger partial charge in [-0.15, -0.1) is 0 Å². The molecule has 0 unspecified atom stereocenters. The van der Waals surface area contributed by atoms with Gasteiger partial charge in [0.1, 0.15) is 11.8 Å². The molecule has 1 atom stereocenters. The van der Waals surface area contributed by atoms with E-state index in [0.29, 0.717) is 13.1 Å². The van der Waals surface area contributed by atoms with Crippen LogP contribution in [-0.4, -0.2) is 28.9 Å². The molecule has 2 aromatic rings. The van der Waals surface area contributed by atoms with Gasteiger partial charge in [0.15, 0.2) is 0 Å². The fourth-order valence-electron chi connectivity index (χ4n) is 2.16. The first-order valence-corrected chi connectivity index (χ1v) is 6.69. The Morgan fingerprint density at radius 2 is 2.25 bits per heavy atom. The molecule has 0 spiro atoms. The van der Waals surface area contributed by atoms with Crippen LogP contribution in [0.15, 0.2) is 28.9 Å². The summed E-state index contributed by atoms with van der Waals surface area (Å²) in [6, 6.07) is 5.38. The van der Waals surface area contributed by atoms with Gasteiger partial charge in [0, 0.05) is 18.8 Å². The van der Waals surface area contributed by atoms with Crippen molar-refractivity contribution >= 4 is 6.03 Å². The zero-order chi connectivity index (χ0) is 14.5. The Labute approximate surface area is 118 Å². The molecule has 0 radical (unpaired) electrons. The highest BCUT2D eigenvalue weighted by Crippen LogP contribution is 2.20. The number of carbonyl (C=O) groups excluding carboxylic acids is 1. The molecule has 6 nitrogen and oxygen atoms in total. The molecule has 0 aliphatic carbocycles. The predicted molar refractivity (Wildman–Crippen MR) is 75.6 cm³/mol. The highest BCUT2D eigenvalue weighted by atomic mass is 16.3. The highest BCUT2D eigenvalue weighted by molar-refractivity contribution is 5.73. The van der Waals surface area contributed by atoms with Gasteiger partial charge in [-0.1, -0.05) is 0 Å². The fourth-order valence-corrected chi connectivity index (χ4v) is 2.16. The van der Waals surface area contributed by atoms with Gasteiger partial charge in [0.25, 0.3) is 0 Å². The number of hydrogen-bond donors (Lipinski definition) is 2. The number of nitrogens with zero attached hydrogens (tertiary/aromatic N) is 2. The smallest absolute Gasteiger partial charge is 0.314 e. The molecule has 0 fully saturated rings. The summed E-state index contributed by atoms with van der Waals surface area (Å²) in [5.41, 5.74) is 1.97. The van der Waals surface area contributed by atoms with Crippen molar-refractivity contribution in [2.75, 3.05) is 13.1 Å². The monoisotopic (exact) mass is 276 g/mol. The van der Waals surface area contributed by atoms with Crippen molar-refractivity contribution in [3.63, 3.8) is 0 Å². The van der Waals surface area contributed by atoms with Crippen molar-refractivity contribution < 1.29 is 9.21 Å². The van der Waals surface area contributed by atoms with E-state index in [1.807, 2.05) is 43.7 Å². The minimum absolute atomic E-state index is 0.152. The van der Waals surface area contributed by atoms with Crippen LogP contribution in [0.25, 0.3) is 0 Å². The molecule has 0 saturated heterocycles. The average Bonchev–Trinajstić information content (AvgIpc) is 3.01. The SMILES string of the molecule is CCNC(=O)NC[C@@H](c1ccco1)n1nc(C)cc1C. The number of nitrogens with one attached hydrogen (secondary N) is 2. The molecule has 0 aliphatic rings. The lowest BCUT2D eigenvalue weighted by molar-refractivity contribution is 0.239. The lowest BCUT2D eigenvalue weighted by atomic mass is 10.2. The largest absolute Gasteiger partial charge is 0.467 e. The molecule has 0 aromatic carbocycles. The normalized spacial score (nSPS) is 12.2. The van der Waals surface area contributed by atoms with E-state index in [-0.39, 0.29) is 12.1 Å². The molecule has 2 N–H and O–H groups in total. The maximum Gasteiger partial charge on any atom is 0.314 e. The minimum atomic E-state index is -0.189. The second-order valence-electron chi connectivity index (χ2n) is 4.64. The molecular weight excluding hydrogens is 256 g/mol. The first kappa shape index (κ1) is 14.2. The maximum absolute atomic E-state index is 11.6. The maximum atomic E-state index is 11.6. The van der Waals surface area contributed by atoms with Crippen LogP contribution < -0.4 is 10.6 Å². The quantitative estimate of drug-likeness (QED) is 0.877. The molecule has 108 valence electrons. The molecule has 2 amide bonds. The number of furan rings is 1. The number of urea groups is 1. The van der Waals surface area contributed by atoms with Crippen molar-refractivity contribution in [1.82, 2.24) is 20.4 Å². The Hall–Kier alpha value is -2.24. The first-order valence-electron chi connectivity index (χ1n) is 6.69. The zero-order valence-corrected chi connectivity index (χ0v) is 12.0. The van der Waals surface area contributed by atoms with E-state index >= 15 is 0 Å². The summed E-state index contributed by atoms with van der Waals surface area (Å²) in [5.74, 6) is 0.771. The molecule has 2 rings (SSSR count). The third-order valence-corrected chi connectivity index (χ3v) is 3.00. The van der Waals surface area contributed by atoms with E-state index in [2.05, 4.69) is 15.7 Å². The van der Waals surface area contributed by atoms with E-state index < -0.39 is 0 Å². The van der Waals surface area contributed by atoms with Crippen LogP contribution in [0.3, 0.4) is 0 Å². The summed E-state index contributed by atoms with van der Waals surface area (Å²) in [4.78, 5) is 11.6. The lowest BCUT2D eigenvalue weighted by Gasteiger charge is -2.18. The number of aromatic nitrogens is 2. The molecule has 2 aromatic heterocycles. The molecule has 6 heteroatoms.